The first-order valence-corrected chi connectivity index (χ1v) is 12.1. The van der Waals surface area contributed by atoms with Crippen LogP contribution in [0.3, 0.4) is 0 Å². The Hall–Kier alpha value is -4.19. The molecule has 0 aliphatic rings. The number of thiazole rings is 1. The van der Waals surface area contributed by atoms with E-state index in [-0.39, 0.29) is 11.5 Å². The number of rotatable bonds is 9. The molecule has 0 bridgehead atoms. The molecular weight excluding hydrogens is 505 g/mol. The average molecular weight is 529 g/mol. The van der Waals surface area contributed by atoms with Gasteiger partial charge in [0.1, 0.15) is 4.88 Å². The largest absolute Gasteiger partial charge is 0.416 e. The molecule has 192 valence electrons. The molecule has 0 unspecified atom stereocenters. The molecule has 0 fully saturated rings. The fourth-order valence-electron chi connectivity index (χ4n) is 3.40. The van der Waals surface area contributed by atoms with Crippen LogP contribution in [0.4, 0.5) is 29.7 Å². The van der Waals surface area contributed by atoms with Gasteiger partial charge in [-0.05, 0) is 49.2 Å². The van der Waals surface area contributed by atoms with Crippen LogP contribution in [0.25, 0.3) is 0 Å². The van der Waals surface area contributed by atoms with Crippen molar-refractivity contribution in [3.63, 3.8) is 0 Å². The lowest BCUT2D eigenvalue weighted by Crippen LogP contribution is -2.15. The summed E-state index contributed by atoms with van der Waals surface area (Å²) >= 11 is 1.21. The standard InChI is InChI=1S/C25H23F3N6O2S/c1-16-6-7-19(32-22(35)17-4-2-5-18(12-17)25(26,27)28)13-20(16)33-23(36)21-14-31-24(37-21)30-8-3-10-34-11-9-29-15-34/h2,4-7,9,11-15H,3,8,10H2,1H3,(H,30,31)(H,32,35)(H,33,36). The van der Waals surface area contributed by atoms with Crippen molar-refractivity contribution in [2.75, 3.05) is 22.5 Å². The van der Waals surface area contributed by atoms with Gasteiger partial charge in [-0.1, -0.05) is 23.5 Å². The Balaban J connectivity index is 1.35. The topological polar surface area (TPSA) is 101 Å². The molecule has 0 aliphatic heterocycles. The van der Waals surface area contributed by atoms with E-state index in [9.17, 15) is 22.8 Å². The Morgan fingerprint density at radius 1 is 1.08 bits per heavy atom. The van der Waals surface area contributed by atoms with E-state index in [1.807, 2.05) is 10.8 Å². The second kappa shape index (κ2) is 11.2. The minimum Gasteiger partial charge on any atom is -0.361 e. The molecule has 3 N–H and O–H groups in total. The molecule has 2 amide bonds. The number of aryl methyl sites for hydroxylation is 2. The lowest BCUT2D eigenvalue weighted by Gasteiger charge is -2.12. The molecule has 37 heavy (non-hydrogen) atoms. The quantitative estimate of drug-likeness (QED) is 0.243. The Morgan fingerprint density at radius 3 is 2.68 bits per heavy atom. The van der Waals surface area contributed by atoms with Crippen molar-refractivity contribution in [2.24, 2.45) is 0 Å². The first-order chi connectivity index (χ1) is 17.7. The maximum Gasteiger partial charge on any atom is 0.416 e. The zero-order valence-electron chi connectivity index (χ0n) is 19.7. The van der Waals surface area contributed by atoms with Gasteiger partial charge in [0.05, 0.1) is 18.1 Å². The van der Waals surface area contributed by atoms with Crippen LogP contribution in [0.5, 0.6) is 0 Å². The van der Waals surface area contributed by atoms with Crippen LogP contribution in [0.15, 0.2) is 67.4 Å². The van der Waals surface area contributed by atoms with Crippen molar-refractivity contribution < 1.29 is 22.8 Å². The highest BCUT2D eigenvalue weighted by molar-refractivity contribution is 7.17. The SMILES string of the molecule is Cc1ccc(NC(=O)c2cccc(C(F)(F)F)c2)cc1NC(=O)c1cnc(NCCCn2ccnc2)s1. The lowest BCUT2D eigenvalue weighted by atomic mass is 10.1. The number of halogens is 3. The summed E-state index contributed by atoms with van der Waals surface area (Å²) in [6.07, 6.45) is 3.15. The number of carbonyl (C=O) groups excluding carboxylic acids is 2. The summed E-state index contributed by atoms with van der Waals surface area (Å²) in [5.41, 5.74) is 0.486. The van der Waals surface area contributed by atoms with E-state index in [1.165, 1.54) is 29.7 Å². The van der Waals surface area contributed by atoms with Crippen molar-refractivity contribution in [1.29, 1.82) is 0 Å². The van der Waals surface area contributed by atoms with E-state index in [2.05, 4.69) is 25.9 Å². The van der Waals surface area contributed by atoms with Crippen molar-refractivity contribution in [1.82, 2.24) is 14.5 Å². The van der Waals surface area contributed by atoms with Crippen molar-refractivity contribution in [3.8, 4) is 0 Å². The van der Waals surface area contributed by atoms with Gasteiger partial charge in [0.25, 0.3) is 11.8 Å². The van der Waals surface area contributed by atoms with E-state index < -0.39 is 17.6 Å². The summed E-state index contributed by atoms with van der Waals surface area (Å²) in [5, 5.41) is 9.19. The molecular formula is C25H23F3N6O2S. The number of aromatic nitrogens is 3. The van der Waals surface area contributed by atoms with Gasteiger partial charge < -0.3 is 20.5 Å². The van der Waals surface area contributed by atoms with Crippen LogP contribution in [0.2, 0.25) is 0 Å². The molecule has 0 radical (unpaired) electrons. The minimum atomic E-state index is -4.55. The van der Waals surface area contributed by atoms with Crippen LogP contribution >= 0.6 is 11.3 Å². The van der Waals surface area contributed by atoms with Gasteiger partial charge in [-0.3, -0.25) is 9.59 Å². The average Bonchev–Trinajstić information content (AvgIpc) is 3.56. The van der Waals surface area contributed by atoms with Crippen LogP contribution in [0, 0.1) is 6.92 Å². The molecule has 2 heterocycles. The molecule has 4 aromatic rings. The number of hydrogen-bond acceptors (Lipinski definition) is 6. The summed E-state index contributed by atoms with van der Waals surface area (Å²) < 4.78 is 40.9. The predicted molar refractivity (Wildman–Crippen MR) is 136 cm³/mol. The highest BCUT2D eigenvalue weighted by atomic mass is 32.1. The van der Waals surface area contributed by atoms with E-state index in [4.69, 9.17) is 0 Å². The van der Waals surface area contributed by atoms with Crippen LogP contribution in [-0.2, 0) is 12.7 Å². The van der Waals surface area contributed by atoms with Crippen molar-refractivity contribution in [2.45, 2.75) is 26.1 Å². The molecule has 8 nitrogen and oxygen atoms in total. The molecule has 0 saturated heterocycles. The highest BCUT2D eigenvalue weighted by Gasteiger charge is 2.30. The molecule has 0 spiro atoms. The molecule has 2 aromatic heterocycles. The third-order valence-electron chi connectivity index (χ3n) is 5.35. The molecule has 0 atom stereocenters. The monoisotopic (exact) mass is 528 g/mol. The van der Waals surface area contributed by atoms with Crippen molar-refractivity contribution in [3.05, 3.63) is 88.9 Å². The maximum atomic E-state index is 13.0. The number of hydrogen-bond donors (Lipinski definition) is 3. The summed E-state index contributed by atoms with van der Waals surface area (Å²) in [6.45, 7) is 3.28. The van der Waals surface area contributed by atoms with E-state index in [1.54, 1.807) is 37.6 Å². The molecule has 0 saturated carbocycles. The molecule has 0 aliphatic carbocycles. The smallest absolute Gasteiger partial charge is 0.361 e. The number of benzene rings is 2. The number of anilines is 3. The second-order valence-corrected chi connectivity index (χ2v) is 9.16. The Labute approximate surface area is 214 Å². The number of nitrogens with zero attached hydrogens (tertiary/aromatic N) is 3. The molecule has 12 heteroatoms. The highest BCUT2D eigenvalue weighted by Crippen LogP contribution is 2.30. The summed E-state index contributed by atoms with van der Waals surface area (Å²) in [5.74, 6) is -1.06. The zero-order chi connectivity index (χ0) is 26.4. The number of alkyl halides is 3. The zero-order valence-corrected chi connectivity index (χ0v) is 20.5. The number of carbonyl (C=O) groups is 2. The first-order valence-electron chi connectivity index (χ1n) is 11.2. The van der Waals surface area contributed by atoms with Gasteiger partial charge in [0.15, 0.2) is 5.13 Å². The summed E-state index contributed by atoms with van der Waals surface area (Å²) in [4.78, 5) is 33.9. The normalized spacial score (nSPS) is 11.2. The first kappa shape index (κ1) is 25.9. The van der Waals surface area contributed by atoms with Gasteiger partial charge >= 0.3 is 6.18 Å². The predicted octanol–water partition coefficient (Wildman–Crippen LogP) is 5.67. The van der Waals surface area contributed by atoms with Gasteiger partial charge in [-0.2, -0.15) is 13.2 Å². The fourth-order valence-corrected chi connectivity index (χ4v) is 4.13. The molecule has 2 aromatic carbocycles. The van der Waals surface area contributed by atoms with Crippen LogP contribution in [0.1, 0.15) is 37.6 Å². The Bertz CT molecular complexity index is 1390. The van der Waals surface area contributed by atoms with Gasteiger partial charge in [-0.15, -0.1) is 0 Å². The minimum absolute atomic E-state index is 0.129. The Morgan fingerprint density at radius 2 is 1.92 bits per heavy atom. The fraction of sp³-hybridized carbons (Fsp3) is 0.200. The lowest BCUT2D eigenvalue weighted by molar-refractivity contribution is -0.137. The Kier molecular flexibility index (Phi) is 7.87. The van der Waals surface area contributed by atoms with Gasteiger partial charge in [0, 0.05) is 42.4 Å². The third kappa shape index (κ3) is 6.94. The van der Waals surface area contributed by atoms with Crippen molar-refractivity contribution >= 4 is 39.7 Å². The van der Waals surface area contributed by atoms with E-state index >= 15 is 0 Å². The third-order valence-corrected chi connectivity index (χ3v) is 6.31. The maximum absolute atomic E-state index is 13.0. The van der Waals surface area contributed by atoms with Crippen LogP contribution < -0.4 is 16.0 Å². The van der Waals surface area contributed by atoms with Crippen LogP contribution in [-0.4, -0.2) is 32.9 Å². The summed E-state index contributed by atoms with van der Waals surface area (Å²) in [6, 6.07) is 9.02. The number of imidazole rings is 1. The van der Waals surface area contributed by atoms with E-state index in [0.29, 0.717) is 27.9 Å². The second-order valence-electron chi connectivity index (χ2n) is 8.13. The van der Waals surface area contributed by atoms with E-state index in [0.717, 1.165) is 30.7 Å². The number of amides is 2. The van der Waals surface area contributed by atoms with Gasteiger partial charge in [-0.25, -0.2) is 9.97 Å². The summed E-state index contributed by atoms with van der Waals surface area (Å²) in [7, 11) is 0. The molecule has 4 rings (SSSR count). The number of nitrogens with one attached hydrogen (secondary N) is 3. The van der Waals surface area contributed by atoms with Gasteiger partial charge in [0.2, 0.25) is 0 Å².